The second-order valence-corrected chi connectivity index (χ2v) is 18.0. The third-order valence-electron chi connectivity index (χ3n) is 11.1. The van der Waals surface area contributed by atoms with Crippen molar-refractivity contribution in [3.8, 4) is 0 Å². The van der Waals surface area contributed by atoms with E-state index in [1.807, 2.05) is 13.8 Å². The number of ether oxygens (including phenoxy) is 1. The van der Waals surface area contributed by atoms with E-state index in [4.69, 9.17) is 4.74 Å². The molecule has 2 aromatic rings. The average molecular weight is 884 g/mol. The fraction of sp³-hybridized carbons (Fsp3) is 0.578. The Balaban J connectivity index is 1.53. The smallest absolute Gasteiger partial charge is 0.407 e. The summed E-state index contributed by atoms with van der Waals surface area (Å²) in [6.45, 7) is 9.11. The molecule has 2 aromatic carbocycles. The highest BCUT2D eigenvalue weighted by Gasteiger charge is 2.64. The Morgan fingerprint density at radius 2 is 1.24 bits per heavy atom. The molecule has 4 rings (SSSR count). The molecule has 2 heterocycles. The fourth-order valence-corrected chi connectivity index (χ4v) is 7.76. The molecule has 4 atom stereocenters. The lowest BCUT2D eigenvalue weighted by atomic mass is 9.69. The number of alkyl halides is 2. The fourth-order valence-electron chi connectivity index (χ4n) is 7.76. The van der Waals surface area contributed by atoms with E-state index in [1.165, 1.54) is 11.8 Å². The first-order valence-electron chi connectivity index (χ1n) is 21.5. The number of piperidine rings is 1. The number of rotatable bonds is 19. The summed E-state index contributed by atoms with van der Waals surface area (Å²) in [5.41, 5.74) is -0.886. The second kappa shape index (κ2) is 22.0. The summed E-state index contributed by atoms with van der Waals surface area (Å²) in [5.74, 6) is -6.65. The molecule has 2 saturated heterocycles. The van der Waals surface area contributed by atoms with Gasteiger partial charge in [0.1, 0.15) is 29.8 Å². The van der Waals surface area contributed by atoms with Gasteiger partial charge in [-0.05, 0) is 69.9 Å². The van der Waals surface area contributed by atoms with Gasteiger partial charge >= 0.3 is 12.2 Å². The zero-order valence-electron chi connectivity index (χ0n) is 37.0. The van der Waals surface area contributed by atoms with Gasteiger partial charge in [-0.1, -0.05) is 74.5 Å². The SMILES string of the molecule is CC(=O)N1CCC2(CN(C(=O)[C@@H](CCCCNC(=O)OC(C)(C)C)NC(=O)[C@@H](CC(C)C)NC(=O)[C@@H](Cc3ccccc3)NC(=O)[C@@H](Cc3ccccc3)NC(=O)O)C2)C(F)(F)C1. The van der Waals surface area contributed by atoms with E-state index in [1.54, 1.807) is 81.4 Å². The molecule has 18 heteroatoms. The molecule has 6 N–H and O–H groups in total. The first-order chi connectivity index (χ1) is 29.6. The van der Waals surface area contributed by atoms with Gasteiger partial charge in [0.05, 0.1) is 12.0 Å². The number of carbonyl (C=O) groups excluding carboxylic acids is 6. The van der Waals surface area contributed by atoms with Crippen molar-refractivity contribution in [2.24, 2.45) is 11.3 Å². The highest BCUT2D eigenvalue weighted by Crippen LogP contribution is 2.50. The summed E-state index contributed by atoms with van der Waals surface area (Å²) in [6, 6.07) is 12.6. The summed E-state index contributed by atoms with van der Waals surface area (Å²) in [4.78, 5) is 94.4. The van der Waals surface area contributed by atoms with Gasteiger partial charge in [-0.2, -0.15) is 0 Å². The van der Waals surface area contributed by atoms with Crippen LogP contribution in [0, 0.1) is 11.3 Å². The number of alkyl carbamates (subject to hydrolysis) is 1. The minimum absolute atomic E-state index is 0.000721. The van der Waals surface area contributed by atoms with Crippen LogP contribution in [0.15, 0.2) is 60.7 Å². The standard InChI is InChI=1S/C45H63F2N7O9/c1-29(2)23-34(50-38(57)35(24-31-15-9-7-10-16-31)51-39(58)36(52-41(60)61)25-32-17-11-8-12-18-32)37(56)49-33(19-13-14-21-48-42(62)63-43(4,5)6)40(59)54-26-44(27-54)20-22-53(30(3)55)28-45(44,46)47/h7-12,15-18,29,33-36,52H,13-14,19-28H2,1-6H3,(H,48,62)(H,49,56)(H,50,57)(H,51,58)(H,60,61)/t33-,34-,35-,36-/m1/s1. The Morgan fingerprint density at radius 3 is 1.73 bits per heavy atom. The van der Waals surface area contributed by atoms with Gasteiger partial charge in [-0.15, -0.1) is 0 Å². The van der Waals surface area contributed by atoms with E-state index in [0.717, 1.165) is 4.90 Å². The molecule has 7 amide bonds. The summed E-state index contributed by atoms with van der Waals surface area (Å²) >= 11 is 0. The number of amides is 7. The maximum atomic E-state index is 15.5. The first kappa shape index (κ1) is 49.8. The number of benzene rings is 2. The molecule has 2 fully saturated rings. The van der Waals surface area contributed by atoms with Crippen molar-refractivity contribution in [2.75, 3.05) is 32.7 Å². The molecule has 16 nitrogen and oxygen atoms in total. The Kier molecular flexibility index (Phi) is 17.4. The Morgan fingerprint density at radius 1 is 0.730 bits per heavy atom. The van der Waals surface area contributed by atoms with Gasteiger partial charge in [0.15, 0.2) is 0 Å². The molecular formula is C45H63F2N7O9. The molecule has 63 heavy (non-hydrogen) atoms. The van der Waals surface area contributed by atoms with E-state index in [-0.39, 0.29) is 64.2 Å². The summed E-state index contributed by atoms with van der Waals surface area (Å²) < 4.78 is 36.3. The predicted octanol–water partition coefficient (Wildman–Crippen LogP) is 4.02. The van der Waals surface area contributed by atoms with Crippen LogP contribution in [0.25, 0.3) is 0 Å². The highest BCUT2D eigenvalue weighted by molar-refractivity contribution is 5.95. The molecule has 0 radical (unpaired) electrons. The van der Waals surface area contributed by atoms with Crippen LogP contribution in [-0.4, -0.2) is 125 Å². The van der Waals surface area contributed by atoms with Crippen molar-refractivity contribution < 1.29 is 52.2 Å². The maximum absolute atomic E-state index is 15.5. The molecule has 0 aromatic heterocycles. The molecule has 2 aliphatic rings. The van der Waals surface area contributed by atoms with Gasteiger partial charge in [0.25, 0.3) is 5.92 Å². The topological polar surface area (TPSA) is 216 Å². The number of hydrogen-bond donors (Lipinski definition) is 6. The molecule has 0 saturated carbocycles. The Labute approximate surface area is 367 Å². The van der Waals surface area contributed by atoms with Gasteiger partial charge in [-0.25, -0.2) is 18.4 Å². The number of nitrogens with one attached hydrogen (secondary N) is 5. The molecule has 346 valence electrons. The van der Waals surface area contributed by atoms with E-state index in [9.17, 15) is 38.7 Å². The number of hydrogen-bond acceptors (Lipinski definition) is 8. The largest absolute Gasteiger partial charge is 0.465 e. The van der Waals surface area contributed by atoms with Gasteiger partial charge in [0.2, 0.25) is 29.5 Å². The molecule has 0 unspecified atom stereocenters. The van der Waals surface area contributed by atoms with Crippen molar-refractivity contribution in [2.45, 2.75) is 122 Å². The number of unbranched alkanes of at least 4 members (excludes halogenated alkanes) is 1. The van der Waals surface area contributed by atoms with E-state index < -0.39 is 89.4 Å². The van der Waals surface area contributed by atoms with E-state index >= 15 is 8.78 Å². The van der Waals surface area contributed by atoms with Crippen molar-refractivity contribution in [3.05, 3.63) is 71.8 Å². The van der Waals surface area contributed by atoms with Crippen LogP contribution in [0.3, 0.4) is 0 Å². The van der Waals surface area contributed by atoms with Crippen molar-refractivity contribution in [1.82, 2.24) is 36.4 Å². The predicted molar refractivity (Wildman–Crippen MR) is 229 cm³/mol. The molecule has 0 bridgehead atoms. The van der Waals surface area contributed by atoms with Crippen molar-refractivity contribution >= 4 is 41.7 Å². The second-order valence-electron chi connectivity index (χ2n) is 18.0. The van der Waals surface area contributed by atoms with Gasteiger partial charge in [0, 0.05) is 45.9 Å². The van der Waals surface area contributed by atoms with Crippen molar-refractivity contribution in [1.29, 1.82) is 0 Å². The zero-order valence-corrected chi connectivity index (χ0v) is 37.0. The van der Waals surface area contributed by atoms with Crippen LogP contribution in [0.2, 0.25) is 0 Å². The third kappa shape index (κ3) is 14.9. The average Bonchev–Trinajstić information content (AvgIpc) is 3.17. The van der Waals surface area contributed by atoms with Crippen LogP contribution < -0.4 is 26.6 Å². The summed E-state index contributed by atoms with van der Waals surface area (Å²) in [6.07, 6.45) is -1.16. The number of halogens is 2. The van der Waals surface area contributed by atoms with Crippen LogP contribution in [0.4, 0.5) is 18.4 Å². The molecule has 2 aliphatic heterocycles. The van der Waals surface area contributed by atoms with Crippen LogP contribution in [0.5, 0.6) is 0 Å². The quantitative estimate of drug-likeness (QED) is 0.112. The Bertz CT molecular complexity index is 1910. The maximum Gasteiger partial charge on any atom is 0.407 e. The van der Waals surface area contributed by atoms with Crippen LogP contribution >= 0.6 is 0 Å². The third-order valence-corrected chi connectivity index (χ3v) is 11.1. The van der Waals surface area contributed by atoms with Crippen LogP contribution in [-0.2, 0) is 41.6 Å². The zero-order chi connectivity index (χ0) is 46.5. The molecule has 0 aliphatic carbocycles. The van der Waals surface area contributed by atoms with Gasteiger partial charge < -0.3 is 46.2 Å². The van der Waals surface area contributed by atoms with E-state index in [0.29, 0.717) is 24.0 Å². The number of carboxylic acid groups (broad SMARTS) is 1. The number of carbonyl (C=O) groups is 7. The van der Waals surface area contributed by atoms with E-state index in [2.05, 4.69) is 26.6 Å². The molecule has 1 spiro atoms. The summed E-state index contributed by atoms with van der Waals surface area (Å²) in [7, 11) is 0. The van der Waals surface area contributed by atoms with Crippen LogP contribution in [0.1, 0.15) is 84.8 Å². The number of nitrogens with zero attached hydrogens (tertiary/aromatic N) is 2. The normalized spacial score (nSPS) is 17.3. The minimum Gasteiger partial charge on any atom is -0.465 e. The van der Waals surface area contributed by atoms with Crippen molar-refractivity contribution in [3.63, 3.8) is 0 Å². The lowest BCUT2D eigenvalue weighted by Gasteiger charge is -2.57. The summed E-state index contributed by atoms with van der Waals surface area (Å²) in [5, 5.41) is 22.7. The molecular weight excluding hydrogens is 821 g/mol. The number of likely N-dealkylation sites (tertiary alicyclic amines) is 2. The Hall–Kier alpha value is -5.81. The monoisotopic (exact) mass is 883 g/mol. The lowest BCUT2D eigenvalue weighted by molar-refractivity contribution is -0.224. The lowest BCUT2D eigenvalue weighted by Crippen LogP contribution is -2.72. The van der Waals surface area contributed by atoms with Gasteiger partial charge in [-0.3, -0.25) is 24.0 Å². The highest BCUT2D eigenvalue weighted by atomic mass is 19.3. The first-order valence-corrected chi connectivity index (χ1v) is 21.5. The minimum atomic E-state index is -3.25.